The number of pyridine rings is 1. The molecule has 3 rings (SSSR count). The minimum absolute atomic E-state index is 0.0409. The van der Waals surface area contributed by atoms with E-state index in [9.17, 15) is 18.0 Å². The van der Waals surface area contributed by atoms with E-state index >= 15 is 0 Å². The second kappa shape index (κ2) is 7.20. The average Bonchev–Trinajstić information content (AvgIpc) is 3.09. The van der Waals surface area contributed by atoms with E-state index in [4.69, 9.17) is 4.52 Å². The molecule has 0 spiro atoms. The predicted molar refractivity (Wildman–Crippen MR) is 81.2 cm³/mol. The lowest BCUT2D eigenvalue weighted by atomic mass is 9.97. The van der Waals surface area contributed by atoms with Crippen molar-refractivity contribution in [3.05, 3.63) is 30.4 Å². The molecule has 9 heteroatoms. The van der Waals surface area contributed by atoms with Gasteiger partial charge in [0.1, 0.15) is 0 Å². The molecule has 25 heavy (non-hydrogen) atoms. The molecule has 2 aromatic rings. The molecule has 0 N–H and O–H groups in total. The number of nitrogens with zero attached hydrogens (tertiary/aromatic N) is 4. The van der Waals surface area contributed by atoms with Gasteiger partial charge in [-0.3, -0.25) is 9.78 Å². The van der Waals surface area contributed by atoms with Crippen molar-refractivity contribution in [2.24, 2.45) is 5.92 Å². The van der Waals surface area contributed by atoms with Crippen LogP contribution in [0.25, 0.3) is 11.4 Å². The molecule has 6 nitrogen and oxygen atoms in total. The van der Waals surface area contributed by atoms with Crippen molar-refractivity contribution in [3.8, 4) is 11.4 Å². The Balaban J connectivity index is 1.55. The topological polar surface area (TPSA) is 72.1 Å². The van der Waals surface area contributed by atoms with Crippen LogP contribution in [0, 0.1) is 5.92 Å². The van der Waals surface area contributed by atoms with Crippen LogP contribution in [0.1, 0.15) is 25.2 Å². The van der Waals surface area contributed by atoms with Crippen molar-refractivity contribution in [3.63, 3.8) is 0 Å². The Morgan fingerprint density at radius 2 is 2.24 bits per heavy atom. The highest BCUT2D eigenvalue weighted by atomic mass is 19.4. The molecule has 0 aliphatic carbocycles. The first-order valence-corrected chi connectivity index (χ1v) is 8.01. The summed E-state index contributed by atoms with van der Waals surface area (Å²) in [6.07, 6.45) is -0.379. The highest BCUT2D eigenvalue weighted by Crippen LogP contribution is 2.33. The van der Waals surface area contributed by atoms with Crippen molar-refractivity contribution < 1.29 is 22.5 Å². The van der Waals surface area contributed by atoms with E-state index < -0.39 is 12.1 Å². The van der Waals surface area contributed by atoms with Gasteiger partial charge in [-0.05, 0) is 25.0 Å². The number of aromatic nitrogens is 3. The number of aryl methyl sites for hydroxylation is 1. The second-order valence-corrected chi connectivity index (χ2v) is 5.97. The van der Waals surface area contributed by atoms with E-state index in [1.54, 1.807) is 24.5 Å². The molecule has 3 heterocycles. The third kappa shape index (κ3) is 4.34. The van der Waals surface area contributed by atoms with Crippen molar-refractivity contribution in [2.45, 2.75) is 31.9 Å². The monoisotopic (exact) mass is 354 g/mol. The van der Waals surface area contributed by atoms with E-state index in [1.807, 2.05) is 0 Å². The maximum absolute atomic E-state index is 12.8. The molecule has 1 unspecified atom stereocenters. The number of likely N-dealkylation sites (tertiary alicyclic amines) is 1. The lowest BCUT2D eigenvalue weighted by Gasteiger charge is -2.33. The summed E-state index contributed by atoms with van der Waals surface area (Å²) in [6, 6.07) is 3.51. The van der Waals surface area contributed by atoms with E-state index in [1.165, 1.54) is 4.90 Å². The number of alkyl halides is 3. The molecule has 134 valence electrons. The zero-order valence-corrected chi connectivity index (χ0v) is 13.4. The zero-order valence-electron chi connectivity index (χ0n) is 13.4. The number of carbonyl (C=O) groups excluding carboxylic acids is 1. The van der Waals surface area contributed by atoms with Crippen LogP contribution < -0.4 is 0 Å². The van der Waals surface area contributed by atoms with Crippen LogP contribution in [0.2, 0.25) is 0 Å². The molecule has 0 saturated carbocycles. The Kier molecular flexibility index (Phi) is 5.00. The minimum Gasteiger partial charge on any atom is -0.342 e. The van der Waals surface area contributed by atoms with Gasteiger partial charge in [0.05, 0.1) is 5.92 Å². The molecule has 1 aliphatic rings. The van der Waals surface area contributed by atoms with Gasteiger partial charge in [0.2, 0.25) is 17.6 Å². The fourth-order valence-electron chi connectivity index (χ4n) is 2.81. The van der Waals surface area contributed by atoms with Crippen molar-refractivity contribution in [2.75, 3.05) is 13.1 Å². The summed E-state index contributed by atoms with van der Waals surface area (Å²) in [5.41, 5.74) is 0.688. The smallest absolute Gasteiger partial charge is 0.342 e. The Bertz CT molecular complexity index is 718. The van der Waals surface area contributed by atoms with E-state index in [2.05, 4.69) is 15.1 Å². The first-order valence-electron chi connectivity index (χ1n) is 8.01. The Morgan fingerprint density at radius 1 is 1.40 bits per heavy atom. The van der Waals surface area contributed by atoms with Crippen molar-refractivity contribution in [1.29, 1.82) is 0 Å². The van der Waals surface area contributed by atoms with Gasteiger partial charge in [-0.2, -0.15) is 18.2 Å². The number of hydrogen-bond acceptors (Lipinski definition) is 5. The fraction of sp³-hybridized carbons (Fsp3) is 0.500. The van der Waals surface area contributed by atoms with Crippen molar-refractivity contribution in [1.82, 2.24) is 20.0 Å². The SMILES string of the molecule is O=C(CCc1nc(-c2cccnc2)no1)N1CCCC(C(F)(F)F)C1. The maximum atomic E-state index is 12.8. The van der Waals surface area contributed by atoms with E-state index in [-0.39, 0.29) is 37.6 Å². The first-order chi connectivity index (χ1) is 11.9. The largest absolute Gasteiger partial charge is 0.393 e. The van der Waals surface area contributed by atoms with Crippen molar-refractivity contribution >= 4 is 5.91 Å². The highest BCUT2D eigenvalue weighted by molar-refractivity contribution is 5.76. The molecule has 0 aromatic carbocycles. The Labute approximate surface area is 142 Å². The van der Waals surface area contributed by atoms with Gasteiger partial charge < -0.3 is 9.42 Å². The summed E-state index contributed by atoms with van der Waals surface area (Å²) >= 11 is 0. The molecule has 2 aromatic heterocycles. The Hall–Kier alpha value is -2.45. The van der Waals surface area contributed by atoms with Crippen LogP contribution in [0.15, 0.2) is 29.0 Å². The van der Waals surface area contributed by atoms with Gasteiger partial charge in [0, 0.05) is 43.9 Å². The van der Waals surface area contributed by atoms with E-state index in [0.717, 1.165) is 0 Å². The fourth-order valence-corrected chi connectivity index (χ4v) is 2.81. The van der Waals surface area contributed by atoms with Crippen LogP contribution in [0.4, 0.5) is 13.2 Å². The third-order valence-corrected chi connectivity index (χ3v) is 4.18. The summed E-state index contributed by atoms with van der Waals surface area (Å²) in [5.74, 6) is -1.12. The molecular weight excluding hydrogens is 337 g/mol. The van der Waals surface area contributed by atoms with Crippen LogP contribution in [-0.2, 0) is 11.2 Å². The number of piperidine rings is 1. The average molecular weight is 354 g/mol. The molecular formula is C16H17F3N4O2. The minimum atomic E-state index is -4.26. The Morgan fingerprint density at radius 3 is 2.96 bits per heavy atom. The number of halogens is 3. The third-order valence-electron chi connectivity index (χ3n) is 4.18. The van der Waals surface area contributed by atoms with Gasteiger partial charge in [0.15, 0.2) is 0 Å². The molecule has 1 saturated heterocycles. The van der Waals surface area contributed by atoms with Crippen LogP contribution in [0.5, 0.6) is 0 Å². The number of hydrogen-bond donors (Lipinski definition) is 0. The van der Waals surface area contributed by atoms with Gasteiger partial charge >= 0.3 is 6.18 Å². The van der Waals surface area contributed by atoms with Gasteiger partial charge in [0.25, 0.3) is 0 Å². The molecule has 1 atom stereocenters. The first kappa shape index (κ1) is 17.4. The van der Waals surface area contributed by atoms with Gasteiger partial charge in [-0.25, -0.2) is 0 Å². The molecule has 1 amide bonds. The summed E-state index contributed by atoms with van der Waals surface area (Å²) in [5, 5.41) is 3.82. The summed E-state index contributed by atoms with van der Waals surface area (Å²) < 4.78 is 43.5. The number of amides is 1. The summed E-state index contributed by atoms with van der Waals surface area (Å²) in [6.45, 7) is 0.0866. The normalized spacial score (nSPS) is 18.4. The molecule has 0 radical (unpaired) electrons. The predicted octanol–water partition coefficient (Wildman–Crippen LogP) is 2.87. The van der Waals surface area contributed by atoms with Gasteiger partial charge in [-0.1, -0.05) is 5.16 Å². The summed E-state index contributed by atoms with van der Waals surface area (Å²) in [7, 11) is 0. The lowest BCUT2D eigenvalue weighted by molar-refractivity contribution is -0.188. The second-order valence-electron chi connectivity index (χ2n) is 5.97. The zero-order chi connectivity index (χ0) is 17.9. The van der Waals surface area contributed by atoms with Crippen LogP contribution in [0.3, 0.4) is 0 Å². The van der Waals surface area contributed by atoms with Crippen LogP contribution in [-0.4, -0.2) is 45.2 Å². The maximum Gasteiger partial charge on any atom is 0.393 e. The standard InChI is InChI=1S/C16H17F3N4O2/c17-16(18,19)12-4-2-8-23(10-12)14(24)6-5-13-21-15(22-25-13)11-3-1-7-20-9-11/h1,3,7,9,12H,2,4-6,8,10H2. The van der Waals surface area contributed by atoms with E-state index in [0.29, 0.717) is 24.4 Å². The molecule has 0 bridgehead atoms. The summed E-state index contributed by atoms with van der Waals surface area (Å²) in [4.78, 5) is 21.6. The number of carbonyl (C=O) groups is 1. The van der Waals surface area contributed by atoms with Crippen LogP contribution >= 0.6 is 0 Å². The molecule has 1 fully saturated rings. The lowest BCUT2D eigenvalue weighted by Crippen LogP contribution is -2.44. The quantitative estimate of drug-likeness (QED) is 0.844. The van der Waals surface area contributed by atoms with Gasteiger partial charge in [-0.15, -0.1) is 0 Å². The number of rotatable bonds is 4. The molecule has 1 aliphatic heterocycles. The highest BCUT2D eigenvalue weighted by Gasteiger charge is 2.42.